The second kappa shape index (κ2) is 10.3. The van der Waals surface area contributed by atoms with Crippen molar-refractivity contribution in [1.82, 2.24) is 24.7 Å². The van der Waals surface area contributed by atoms with Crippen LogP contribution in [0.1, 0.15) is 27.9 Å². The minimum absolute atomic E-state index is 0.0835. The van der Waals surface area contributed by atoms with Gasteiger partial charge >= 0.3 is 6.18 Å². The van der Waals surface area contributed by atoms with Gasteiger partial charge in [-0.2, -0.15) is 23.7 Å². The monoisotopic (exact) mass is 542 g/mol. The predicted octanol–water partition coefficient (Wildman–Crippen LogP) is 5.38. The molecule has 10 nitrogen and oxygen atoms in total. The Morgan fingerprint density at radius 2 is 1.93 bits per heavy atom. The molecule has 0 amide bonds. The minimum Gasteiger partial charge on any atom is -0.434 e. The number of halogens is 3. The number of oxazole rings is 1. The summed E-state index contributed by atoms with van der Waals surface area (Å²) in [6, 6.07) is 14.2. The van der Waals surface area contributed by atoms with E-state index in [4.69, 9.17) is 9.68 Å². The Balaban J connectivity index is 1.74. The molecule has 0 aliphatic heterocycles. The number of nitrogens with one attached hydrogen (secondary N) is 1. The summed E-state index contributed by atoms with van der Waals surface area (Å²) in [5, 5.41) is 29.6. The SMILES string of the molecule is Cn1cnnc1-c1ccc(C#N)cc1-c1cc(NCCC#N)nc(-c2nc3cc(C=O)cc(C(F)(F)F)c3o2)c1. The summed E-state index contributed by atoms with van der Waals surface area (Å²) in [6.45, 7) is 0.245. The zero-order valence-corrected chi connectivity index (χ0v) is 20.7. The lowest BCUT2D eigenvalue weighted by Gasteiger charge is -2.13. The molecule has 0 radical (unpaired) electrons. The van der Waals surface area contributed by atoms with Crippen molar-refractivity contribution in [3.05, 3.63) is 65.5 Å². The van der Waals surface area contributed by atoms with Crippen molar-refractivity contribution < 1.29 is 22.4 Å². The highest BCUT2D eigenvalue weighted by molar-refractivity contribution is 5.88. The number of nitrogens with zero attached hydrogens (tertiary/aromatic N) is 7. The maximum atomic E-state index is 13.8. The van der Waals surface area contributed by atoms with E-state index in [1.807, 2.05) is 6.07 Å². The van der Waals surface area contributed by atoms with Crippen LogP contribution in [0.3, 0.4) is 0 Å². The minimum atomic E-state index is -4.80. The van der Waals surface area contributed by atoms with Crippen LogP contribution in [-0.4, -0.2) is 37.6 Å². The molecular weight excluding hydrogens is 525 g/mol. The van der Waals surface area contributed by atoms with Crippen molar-refractivity contribution in [3.8, 4) is 46.2 Å². The molecule has 13 heteroatoms. The standard InChI is InChI=1S/C27H17F3N8O2/c1-38-14-34-37-25(38)18-4-3-15(12-32)7-19(18)17-10-22(35-23(11-17)33-6-2-5-31)26-36-21-9-16(13-39)8-20(24(21)40-26)27(28,29)30/h3-4,7-11,13-14H,2,6H2,1H3,(H,33,35). The summed E-state index contributed by atoms with van der Waals surface area (Å²) in [7, 11) is 1.76. The second-order valence-corrected chi connectivity index (χ2v) is 8.65. The first-order valence-electron chi connectivity index (χ1n) is 11.7. The van der Waals surface area contributed by atoms with Gasteiger partial charge in [-0.05, 0) is 53.6 Å². The molecule has 1 N–H and O–H groups in total. The van der Waals surface area contributed by atoms with Crippen LogP contribution in [0, 0.1) is 22.7 Å². The number of nitriles is 2. The number of carbonyl (C=O) groups excluding carboxylic acids is 1. The van der Waals surface area contributed by atoms with Crippen LogP contribution in [0.4, 0.5) is 19.0 Å². The average Bonchev–Trinajstić information content (AvgIpc) is 3.57. The number of fused-ring (bicyclic) bond motifs is 1. The predicted molar refractivity (Wildman–Crippen MR) is 136 cm³/mol. The maximum Gasteiger partial charge on any atom is 0.420 e. The van der Waals surface area contributed by atoms with Crippen molar-refractivity contribution in [2.45, 2.75) is 12.6 Å². The van der Waals surface area contributed by atoms with E-state index in [1.165, 1.54) is 12.4 Å². The highest BCUT2D eigenvalue weighted by Crippen LogP contribution is 2.39. The van der Waals surface area contributed by atoms with Gasteiger partial charge in [0, 0.05) is 24.7 Å². The van der Waals surface area contributed by atoms with E-state index in [2.05, 4.69) is 31.6 Å². The summed E-state index contributed by atoms with van der Waals surface area (Å²) in [5.41, 5.74) is 0.115. The Bertz CT molecular complexity index is 1840. The molecule has 0 unspecified atom stereocenters. The summed E-state index contributed by atoms with van der Waals surface area (Å²) in [4.78, 5) is 19.9. The topological polar surface area (TPSA) is 146 Å². The van der Waals surface area contributed by atoms with Crippen molar-refractivity contribution in [3.63, 3.8) is 0 Å². The molecule has 0 bridgehead atoms. The van der Waals surface area contributed by atoms with E-state index in [0.29, 0.717) is 46.2 Å². The normalized spacial score (nSPS) is 11.2. The molecule has 0 spiro atoms. The Kier molecular flexibility index (Phi) is 6.71. The number of alkyl halides is 3. The number of carbonyl (C=O) groups is 1. The number of aryl methyl sites for hydroxylation is 1. The summed E-state index contributed by atoms with van der Waals surface area (Å²) < 4.78 is 48.5. The van der Waals surface area contributed by atoms with E-state index in [-0.39, 0.29) is 35.6 Å². The summed E-state index contributed by atoms with van der Waals surface area (Å²) in [5.74, 6) is 0.584. The van der Waals surface area contributed by atoms with Gasteiger partial charge in [0.25, 0.3) is 0 Å². The first kappa shape index (κ1) is 26.1. The van der Waals surface area contributed by atoms with Crippen LogP contribution in [0.25, 0.3) is 45.2 Å². The molecule has 5 aromatic rings. The van der Waals surface area contributed by atoms with E-state index in [9.17, 15) is 23.2 Å². The van der Waals surface area contributed by atoms with Crippen LogP contribution >= 0.6 is 0 Å². The van der Waals surface area contributed by atoms with E-state index in [1.54, 1.807) is 41.9 Å². The molecule has 0 atom stereocenters. The van der Waals surface area contributed by atoms with Gasteiger partial charge in [0.2, 0.25) is 5.89 Å². The fourth-order valence-electron chi connectivity index (χ4n) is 4.15. The van der Waals surface area contributed by atoms with Crippen LogP contribution in [0.15, 0.2) is 53.2 Å². The molecule has 0 saturated heterocycles. The lowest BCUT2D eigenvalue weighted by molar-refractivity contribution is -0.136. The van der Waals surface area contributed by atoms with Crippen LogP contribution < -0.4 is 5.32 Å². The Morgan fingerprint density at radius 3 is 2.60 bits per heavy atom. The van der Waals surface area contributed by atoms with Gasteiger partial charge in [-0.3, -0.25) is 4.79 Å². The van der Waals surface area contributed by atoms with Gasteiger partial charge in [0.05, 0.1) is 24.1 Å². The molecule has 3 heterocycles. The highest BCUT2D eigenvalue weighted by atomic mass is 19.4. The van der Waals surface area contributed by atoms with Gasteiger partial charge in [0.1, 0.15) is 35.2 Å². The second-order valence-electron chi connectivity index (χ2n) is 8.65. The number of aldehydes is 1. The number of anilines is 1. The molecule has 3 aromatic heterocycles. The van der Waals surface area contributed by atoms with Gasteiger partial charge in [-0.15, -0.1) is 10.2 Å². The quantitative estimate of drug-likeness (QED) is 0.211. The highest BCUT2D eigenvalue weighted by Gasteiger charge is 2.35. The Hall–Kier alpha value is -5.56. The lowest BCUT2D eigenvalue weighted by atomic mass is 9.96. The summed E-state index contributed by atoms with van der Waals surface area (Å²) >= 11 is 0. The first-order valence-corrected chi connectivity index (χ1v) is 11.7. The number of aromatic nitrogens is 5. The number of hydrogen-bond acceptors (Lipinski definition) is 9. The van der Waals surface area contributed by atoms with Crippen molar-refractivity contribution in [2.75, 3.05) is 11.9 Å². The third-order valence-corrected chi connectivity index (χ3v) is 5.95. The zero-order valence-electron chi connectivity index (χ0n) is 20.7. The number of benzene rings is 2. The third kappa shape index (κ3) is 4.96. The van der Waals surface area contributed by atoms with Crippen molar-refractivity contribution in [1.29, 1.82) is 10.5 Å². The fraction of sp³-hybridized carbons (Fsp3) is 0.148. The van der Waals surface area contributed by atoms with Crippen molar-refractivity contribution in [2.24, 2.45) is 7.05 Å². The fourth-order valence-corrected chi connectivity index (χ4v) is 4.15. The molecule has 0 fully saturated rings. The van der Waals surface area contributed by atoms with Crippen molar-refractivity contribution >= 4 is 23.2 Å². The van der Waals surface area contributed by atoms with Gasteiger partial charge in [-0.1, -0.05) is 0 Å². The van der Waals surface area contributed by atoms with Crippen LogP contribution in [-0.2, 0) is 13.2 Å². The maximum absolute atomic E-state index is 13.8. The zero-order chi connectivity index (χ0) is 28.4. The third-order valence-electron chi connectivity index (χ3n) is 5.95. The van der Waals surface area contributed by atoms with Gasteiger partial charge in [0.15, 0.2) is 11.4 Å². The molecule has 0 aliphatic rings. The molecule has 5 rings (SSSR count). The number of hydrogen-bond donors (Lipinski definition) is 1. The first-order chi connectivity index (χ1) is 19.2. The summed E-state index contributed by atoms with van der Waals surface area (Å²) in [6.07, 6.45) is -2.80. The van der Waals surface area contributed by atoms with Crippen LogP contribution in [0.2, 0.25) is 0 Å². The molecule has 40 heavy (non-hydrogen) atoms. The molecule has 198 valence electrons. The average molecular weight is 542 g/mol. The van der Waals surface area contributed by atoms with Gasteiger partial charge < -0.3 is 14.3 Å². The smallest absolute Gasteiger partial charge is 0.420 e. The molecule has 0 saturated carbocycles. The van der Waals surface area contributed by atoms with Gasteiger partial charge in [-0.25, -0.2) is 9.97 Å². The molecule has 0 aliphatic carbocycles. The molecule has 2 aromatic carbocycles. The largest absolute Gasteiger partial charge is 0.434 e. The van der Waals surface area contributed by atoms with E-state index < -0.39 is 17.3 Å². The lowest BCUT2D eigenvalue weighted by Crippen LogP contribution is -2.06. The Labute approximate surface area is 224 Å². The van der Waals surface area contributed by atoms with E-state index in [0.717, 1.165) is 0 Å². The number of rotatable bonds is 7. The Morgan fingerprint density at radius 1 is 1.10 bits per heavy atom. The molecular formula is C27H17F3N8O2. The van der Waals surface area contributed by atoms with Crippen LogP contribution in [0.5, 0.6) is 0 Å². The van der Waals surface area contributed by atoms with E-state index >= 15 is 0 Å². The number of pyridine rings is 1.